The van der Waals surface area contributed by atoms with E-state index >= 15 is 0 Å². The summed E-state index contributed by atoms with van der Waals surface area (Å²) in [5, 5.41) is 10.1. The monoisotopic (exact) mass is 142 g/mol. The van der Waals surface area contributed by atoms with Gasteiger partial charge in [-0.3, -0.25) is 0 Å². The average Bonchev–Trinajstić information content (AvgIpc) is 1.90. The Hall–Kier alpha value is -0.700. The van der Waals surface area contributed by atoms with Crippen LogP contribution in [0.25, 0.3) is 0 Å². The van der Waals surface area contributed by atoms with Crippen LogP contribution in [0, 0.1) is 0 Å². The minimum Gasteiger partial charge on any atom is -0.478 e. The molecule has 1 aliphatic heterocycles. The number of carboxylic acids is 1. The molecule has 2 nitrogen and oxygen atoms in total. The van der Waals surface area contributed by atoms with Gasteiger partial charge in [-0.25, -0.2) is 4.79 Å². The second kappa shape index (κ2) is 2.73. The molecular formula is C6H6O2S. The fourth-order valence-corrected chi connectivity index (χ4v) is 1.19. The highest BCUT2D eigenvalue weighted by molar-refractivity contribution is 8.02. The minimum atomic E-state index is -0.849. The van der Waals surface area contributed by atoms with Gasteiger partial charge in [-0.05, 0) is 5.41 Å². The standard InChI is InChI=1S/C6H6O2S/c7-6(8)5-2-1-3-9-4-5/h1-2,4H,3H2,(H,7,8). The Kier molecular flexibility index (Phi) is 1.95. The van der Waals surface area contributed by atoms with Crippen molar-refractivity contribution < 1.29 is 9.90 Å². The molecule has 1 heterocycles. The molecule has 48 valence electrons. The predicted molar refractivity (Wildman–Crippen MR) is 37.3 cm³/mol. The molecule has 0 fully saturated rings. The molecule has 0 aliphatic carbocycles. The summed E-state index contributed by atoms with van der Waals surface area (Å²) in [6.07, 6.45) is 3.47. The Labute approximate surface area is 57.3 Å². The molecule has 0 radical (unpaired) electrons. The van der Waals surface area contributed by atoms with E-state index in [0.717, 1.165) is 5.75 Å². The molecule has 3 heteroatoms. The highest BCUT2D eigenvalue weighted by Crippen LogP contribution is 2.14. The smallest absolute Gasteiger partial charge is 0.336 e. The lowest BCUT2D eigenvalue weighted by molar-refractivity contribution is -0.132. The first-order chi connectivity index (χ1) is 4.30. The van der Waals surface area contributed by atoms with Crippen LogP contribution in [0.15, 0.2) is 23.1 Å². The van der Waals surface area contributed by atoms with Crippen LogP contribution in [0.1, 0.15) is 0 Å². The zero-order valence-corrected chi connectivity index (χ0v) is 5.52. The molecular weight excluding hydrogens is 136 g/mol. The molecule has 0 bridgehead atoms. The van der Waals surface area contributed by atoms with Gasteiger partial charge in [0.1, 0.15) is 0 Å². The van der Waals surface area contributed by atoms with E-state index in [1.165, 1.54) is 11.8 Å². The van der Waals surface area contributed by atoms with Gasteiger partial charge in [0.2, 0.25) is 0 Å². The summed E-state index contributed by atoms with van der Waals surface area (Å²) in [7, 11) is 0. The quantitative estimate of drug-likeness (QED) is 0.598. The maximum absolute atomic E-state index is 10.2. The van der Waals surface area contributed by atoms with E-state index in [9.17, 15) is 4.79 Å². The second-order valence-corrected chi connectivity index (χ2v) is 2.52. The van der Waals surface area contributed by atoms with Crippen molar-refractivity contribution in [3.63, 3.8) is 0 Å². The van der Waals surface area contributed by atoms with Gasteiger partial charge in [0.25, 0.3) is 0 Å². The van der Waals surface area contributed by atoms with Crippen molar-refractivity contribution in [2.45, 2.75) is 0 Å². The van der Waals surface area contributed by atoms with Gasteiger partial charge in [0.05, 0.1) is 5.57 Å². The van der Waals surface area contributed by atoms with Crippen LogP contribution in [0.5, 0.6) is 0 Å². The van der Waals surface area contributed by atoms with Crippen LogP contribution < -0.4 is 0 Å². The van der Waals surface area contributed by atoms with Crippen molar-refractivity contribution in [2.24, 2.45) is 0 Å². The Bertz CT molecular complexity index is 181. The predicted octanol–water partition coefficient (Wildman–Crippen LogP) is 1.26. The number of thioether (sulfide) groups is 1. The van der Waals surface area contributed by atoms with Crippen molar-refractivity contribution in [1.82, 2.24) is 0 Å². The summed E-state index contributed by atoms with van der Waals surface area (Å²) in [5.41, 5.74) is 0.381. The number of hydrogen-bond donors (Lipinski definition) is 1. The van der Waals surface area contributed by atoms with E-state index in [1.807, 2.05) is 6.08 Å². The molecule has 1 rings (SSSR count). The lowest BCUT2D eigenvalue weighted by Crippen LogP contribution is -1.98. The second-order valence-electron chi connectivity index (χ2n) is 1.61. The lowest BCUT2D eigenvalue weighted by Gasteiger charge is -1.98. The third-order valence-electron chi connectivity index (χ3n) is 0.947. The molecule has 0 aromatic rings. The largest absolute Gasteiger partial charge is 0.478 e. The van der Waals surface area contributed by atoms with Crippen LogP contribution in [0.3, 0.4) is 0 Å². The molecule has 0 aromatic heterocycles. The molecule has 0 saturated heterocycles. The number of hydrogen-bond acceptors (Lipinski definition) is 2. The SMILES string of the molecule is O=C(O)C1=CSCC=C1. The molecule has 0 aromatic carbocycles. The van der Waals surface area contributed by atoms with Crippen molar-refractivity contribution in [1.29, 1.82) is 0 Å². The summed E-state index contributed by atoms with van der Waals surface area (Å²) in [4.78, 5) is 10.2. The minimum absolute atomic E-state index is 0.381. The van der Waals surface area contributed by atoms with Crippen LogP contribution >= 0.6 is 11.8 Å². The van der Waals surface area contributed by atoms with Crippen LogP contribution in [-0.4, -0.2) is 16.8 Å². The van der Waals surface area contributed by atoms with Gasteiger partial charge < -0.3 is 5.11 Å². The van der Waals surface area contributed by atoms with E-state index in [1.54, 1.807) is 11.5 Å². The number of carbonyl (C=O) groups is 1. The normalized spacial score (nSPS) is 17.1. The molecule has 9 heavy (non-hydrogen) atoms. The third-order valence-corrected chi connectivity index (χ3v) is 1.75. The fraction of sp³-hybridized carbons (Fsp3) is 0.167. The van der Waals surface area contributed by atoms with Crippen molar-refractivity contribution in [3.8, 4) is 0 Å². The van der Waals surface area contributed by atoms with Gasteiger partial charge in [0, 0.05) is 5.75 Å². The van der Waals surface area contributed by atoms with Crippen LogP contribution in [0.4, 0.5) is 0 Å². The van der Waals surface area contributed by atoms with Crippen LogP contribution in [0.2, 0.25) is 0 Å². The molecule has 1 aliphatic rings. The average molecular weight is 142 g/mol. The zero-order valence-electron chi connectivity index (χ0n) is 4.70. The van der Waals surface area contributed by atoms with Gasteiger partial charge >= 0.3 is 5.97 Å². The molecule has 0 spiro atoms. The maximum atomic E-state index is 10.2. The Balaban J connectivity index is 2.69. The molecule has 0 unspecified atom stereocenters. The van der Waals surface area contributed by atoms with E-state index in [2.05, 4.69) is 0 Å². The topological polar surface area (TPSA) is 37.3 Å². The third kappa shape index (κ3) is 1.61. The Morgan fingerprint density at radius 1 is 1.78 bits per heavy atom. The van der Waals surface area contributed by atoms with Crippen molar-refractivity contribution in [2.75, 3.05) is 5.75 Å². The molecule has 0 amide bonds. The first-order valence-corrected chi connectivity index (χ1v) is 3.57. The summed E-state index contributed by atoms with van der Waals surface area (Å²) >= 11 is 1.50. The first kappa shape index (κ1) is 6.42. The highest BCUT2D eigenvalue weighted by Gasteiger charge is 2.03. The number of carboxylic acid groups (broad SMARTS) is 1. The number of aliphatic carboxylic acids is 1. The van der Waals surface area contributed by atoms with E-state index in [0.29, 0.717) is 5.57 Å². The molecule has 1 N–H and O–H groups in total. The van der Waals surface area contributed by atoms with Crippen LogP contribution in [-0.2, 0) is 4.79 Å². The number of rotatable bonds is 1. The van der Waals surface area contributed by atoms with E-state index in [4.69, 9.17) is 5.11 Å². The summed E-state index contributed by atoms with van der Waals surface area (Å²) in [6.45, 7) is 0. The van der Waals surface area contributed by atoms with Gasteiger partial charge in [0.15, 0.2) is 0 Å². The highest BCUT2D eigenvalue weighted by atomic mass is 32.2. The summed E-state index contributed by atoms with van der Waals surface area (Å²) in [6, 6.07) is 0. The molecule has 0 atom stereocenters. The fourth-order valence-electron chi connectivity index (χ4n) is 0.530. The summed E-state index contributed by atoms with van der Waals surface area (Å²) < 4.78 is 0. The summed E-state index contributed by atoms with van der Waals surface area (Å²) in [5.74, 6) is 0.0370. The first-order valence-electron chi connectivity index (χ1n) is 2.52. The van der Waals surface area contributed by atoms with E-state index in [-0.39, 0.29) is 0 Å². The molecule has 0 saturated carbocycles. The van der Waals surface area contributed by atoms with Gasteiger partial charge in [-0.2, -0.15) is 0 Å². The van der Waals surface area contributed by atoms with Gasteiger partial charge in [-0.1, -0.05) is 12.2 Å². The van der Waals surface area contributed by atoms with Crippen molar-refractivity contribution >= 4 is 17.7 Å². The maximum Gasteiger partial charge on any atom is 0.336 e. The Morgan fingerprint density at radius 3 is 2.89 bits per heavy atom. The lowest BCUT2D eigenvalue weighted by atomic mass is 10.3. The van der Waals surface area contributed by atoms with E-state index < -0.39 is 5.97 Å². The zero-order chi connectivity index (χ0) is 6.69. The Morgan fingerprint density at radius 2 is 2.56 bits per heavy atom. The van der Waals surface area contributed by atoms with Gasteiger partial charge in [-0.15, -0.1) is 11.8 Å². The van der Waals surface area contributed by atoms with Crippen molar-refractivity contribution in [3.05, 3.63) is 23.1 Å².